The second kappa shape index (κ2) is 8.78. The number of aromatic nitrogens is 1. The van der Waals surface area contributed by atoms with E-state index < -0.39 is 15.9 Å². The molecule has 152 valence electrons. The smallest absolute Gasteiger partial charge is 0.266 e. The Labute approximate surface area is 181 Å². The summed E-state index contributed by atoms with van der Waals surface area (Å²) in [5.41, 5.74) is 1.47. The number of benzene rings is 2. The maximum Gasteiger partial charge on any atom is 0.266 e. The molecule has 0 spiro atoms. The Bertz CT molecular complexity index is 1170. The van der Waals surface area contributed by atoms with Crippen molar-refractivity contribution in [1.82, 2.24) is 9.45 Å². The van der Waals surface area contributed by atoms with Gasteiger partial charge in [0.05, 0.1) is 17.8 Å². The molecule has 0 radical (unpaired) electrons. The summed E-state index contributed by atoms with van der Waals surface area (Å²) in [6.07, 6.45) is 0. The number of thiazole rings is 1. The Morgan fingerprint density at radius 3 is 2.59 bits per heavy atom. The van der Waals surface area contributed by atoms with Gasteiger partial charge in [0, 0.05) is 28.6 Å². The zero-order valence-corrected chi connectivity index (χ0v) is 18.4. The van der Waals surface area contributed by atoms with Gasteiger partial charge in [-0.1, -0.05) is 45.9 Å². The number of hydroxylamine groups is 1. The molecule has 0 saturated heterocycles. The summed E-state index contributed by atoms with van der Waals surface area (Å²) in [5, 5.41) is 5.28. The first-order valence-corrected chi connectivity index (χ1v) is 11.2. The zero-order valence-electron chi connectivity index (χ0n) is 15.2. The molecule has 7 nitrogen and oxygen atoms in total. The van der Waals surface area contributed by atoms with Crippen LogP contribution in [0, 0.1) is 0 Å². The number of nitrogens with one attached hydrogen (secondary N) is 1. The number of hydrogen-bond donors (Lipinski definition) is 1. The second-order valence-electron chi connectivity index (χ2n) is 5.71. The SMILES string of the molecule is CON(C)S(=O)(=O)c1cc(C(=O)Nc2nc(-c3ccccc3Cl)cs2)ccc1Cl. The van der Waals surface area contributed by atoms with E-state index in [1.165, 1.54) is 43.7 Å². The molecule has 1 heterocycles. The van der Waals surface area contributed by atoms with Gasteiger partial charge < -0.3 is 0 Å². The molecule has 29 heavy (non-hydrogen) atoms. The first kappa shape index (κ1) is 21.7. The highest BCUT2D eigenvalue weighted by atomic mass is 35.5. The van der Waals surface area contributed by atoms with Gasteiger partial charge in [0.25, 0.3) is 15.9 Å². The van der Waals surface area contributed by atoms with E-state index in [2.05, 4.69) is 10.3 Å². The fourth-order valence-electron chi connectivity index (χ4n) is 2.37. The number of carbonyl (C=O) groups is 1. The van der Waals surface area contributed by atoms with Crippen LogP contribution in [0.25, 0.3) is 11.3 Å². The molecule has 0 bridgehead atoms. The Balaban J connectivity index is 1.86. The molecule has 0 fully saturated rings. The Kier molecular flexibility index (Phi) is 6.57. The van der Waals surface area contributed by atoms with Gasteiger partial charge in [-0.15, -0.1) is 11.3 Å². The lowest BCUT2D eigenvalue weighted by Crippen LogP contribution is -2.26. The van der Waals surface area contributed by atoms with Crippen LogP contribution < -0.4 is 5.32 Å². The lowest BCUT2D eigenvalue weighted by molar-refractivity contribution is -0.0258. The average Bonchev–Trinajstić information content (AvgIpc) is 3.15. The Morgan fingerprint density at radius 1 is 1.17 bits per heavy atom. The summed E-state index contributed by atoms with van der Waals surface area (Å²) in [7, 11) is -1.58. The van der Waals surface area contributed by atoms with Crippen molar-refractivity contribution in [3.05, 3.63) is 63.5 Å². The van der Waals surface area contributed by atoms with Crippen molar-refractivity contribution in [3.63, 3.8) is 0 Å². The second-order valence-corrected chi connectivity index (χ2v) is 9.29. The molecule has 1 aromatic heterocycles. The Morgan fingerprint density at radius 2 is 1.90 bits per heavy atom. The minimum Gasteiger partial charge on any atom is -0.298 e. The van der Waals surface area contributed by atoms with Gasteiger partial charge in [0.1, 0.15) is 4.90 Å². The van der Waals surface area contributed by atoms with Gasteiger partial charge in [-0.05, 0) is 24.3 Å². The number of anilines is 1. The third-order valence-electron chi connectivity index (χ3n) is 3.94. The van der Waals surface area contributed by atoms with E-state index in [0.717, 1.165) is 5.56 Å². The van der Waals surface area contributed by atoms with Crippen LogP contribution in [0.1, 0.15) is 10.4 Å². The maximum absolute atomic E-state index is 12.6. The van der Waals surface area contributed by atoms with E-state index in [9.17, 15) is 13.2 Å². The van der Waals surface area contributed by atoms with Crippen molar-refractivity contribution in [2.24, 2.45) is 0 Å². The highest BCUT2D eigenvalue weighted by Crippen LogP contribution is 2.31. The number of halogens is 2. The molecule has 1 amide bonds. The highest BCUT2D eigenvalue weighted by molar-refractivity contribution is 7.89. The zero-order chi connectivity index (χ0) is 21.2. The molecule has 2 aromatic carbocycles. The normalized spacial score (nSPS) is 11.6. The van der Waals surface area contributed by atoms with Gasteiger partial charge in [0.15, 0.2) is 5.13 Å². The molecule has 0 atom stereocenters. The van der Waals surface area contributed by atoms with Crippen molar-refractivity contribution < 1.29 is 18.0 Å². The predicted molar refractivity (Wildman–Crippen MR) is 114 cm³/mol. The molecule has 0 aliphatic heterocycles. The molecular formula is C18H15Cl2N3O4S2. The van der Waals surface area contributed by atoms with Gasteiger partial charge in [-0.3, -0.25) is 14.9 Å². The summed E-state index contributed by atoms with van der Waals surface area (Å²) in [6, 6.07) is 11.2. The molecule has 11 heteroatoms. The first-order chi connectivity index (χ1) is 13.7. The van der Waals surface area contributed by atoms with Crippen LogP contribution in [0.5, 0.6) is 0 Å². The Hall–Kier alpha value is -2.01. The summed E-state index contributed by atoms with van der Waals surface area (Å²) in [6.45, 7) is 0. The summed E-state index contributed by atoms with van der Waals surface area (Å²) < 4.78 is 25.6. The van der Waals surface area contributed by atoms with Gasteiger partial charge >= 0.3 is 0 Å². The topological polar surface area (TPSA) is 88.6 Å². The van der Waals surface area contributed by atoms with Gasteiger partial charge in [-0.2, -0.15) is 0 Å². The number of sulfonamides is 1. The van der Waals surface area contributed by atoms with Gasteiger partial charge in [-0.25, -0.2) is 13.4 Å². The van der Waals surface area contributed by atoms with E-state index in [1.54, 1.807) is 11.4 Å². The molecule has 0 unspecified atom stereocenters. The van der Waals surface area contributed by atoms with E-state index >= 15 is 0 Å². The van der Waals surface area contributed by atoms with Crippen LogP contribution in [-0.2, 0) is 14.9 Å². The summed E-state index contributed by atoms with van der Waals surface area (Å²) >= 11 is 13.4. The number of hydrogen-bond acceptors (Lipinski definition) is 6. The summed E-state index contributed by atoms with van der Waals surface area (Å²) in [5.74, 6) is -0.529. The van der Waals surface area contributed by atoms with Crippen LogP contribution in [0.2, 0.25) is 10.0 Å². The first-order valence-electron chi connectivity index (χ1n) is 8.08. The van der Waals surface area contributed by atoms with Crippen LogP contribution >= 0.6 is 34.5 Å². The van der Waals surface area contributed by atoms with E-state index in [1.807, 2.05) is 18.2 Å². The van der Waals surface area contributed by atoms with Crippen molar-refractivity contribution in [1.29, 1.82) is 0 Å². The fourth-order valence-corrected chi connectivity index (χ4v) is 4.78. The highest BCUT2D eigenvalue weighted by Gasteiger charge is 2.25. The minimum absolute atomic E-state index is 0.0271. The third-order valence-corrected chi connectivity index (χ3v) is 7.19. The predicted octanol–water partition coefficient (Wildman–Crippen LogP) is 4.55. The molecule has 1 N–H and O–H groups in total. The molecule has 3 rings (SSSR count). The van der Waals surface area contributed by atoms with Crippen molar-refractivity contribution >= 4 is 55.6 Å². The third kappa shape index (κ3) is 4.61. The standard InChI is InChI=1S/C18H15Cl2N3O4S2/c1-23(27-2)29(25,26)16-9-11(7-8-14(16)20)17(24)22-18-21-15(10-28-18)12-5-3-4-6-13(12)19/h3-10H,1-2H3,(H,21,22,24). The van der Waals surface area contributed by atoms with E-state index in [0.29, 0.717) is 20.3 Å². The fraction of sp³-hybridized carbons (Fsp3) is 0.111. The lowest BCUT2D eigenvalue weighted by atomic mass is 10.2. The maximum atomic E-state index is 12.6. The van der Waals surface area contributed by atoms with Crippen molar-refractivity contribution in [2.45, 2.75) is 4.90 Å². The van der Waals surface area contributed by atoms with Crippen LogP contribution in [0.15, 0.2) is 52.7 Å². The monoisotopic (exact) mass is 471 g/mol. The van der Waals surface area contributed by atoms with Crippen molar-refractivity contribution in [3.8, 4) is 11.3 Å². The van der Waals surface area contributed by atoms with Gasteiger partial charge in [0.2, 0.25) is 0 Å². The quantitative estimate of drug-likeness (QED) is 0.532. The molecule has 0 saturated carbocycles. The number of nitrogens with zero attached hydrogens (tertiary/aromatic N) is 2. The number of carbonyl (C=O) groups excluding carboxylic acids is 1. The lowest BCUT2D eigenvalue weighted by Gasteiger charge is -2.15. The minimum atomic E-state index is -4.01. The van der Waals surface area contributed by atoms with Crippen LogP contribution in [-0.4, -0.2) is 37.9 Å². The van der Waals surface area contributed by atoms with Crippen molar-refractivity contribution in [2.75, 3.05) is 19.5 Å². The molecule has 0 aliphatic carbocycles. The molecular weight excluding hydrogens is 457 g/mol. The molecule has 0 aliphatic rings. The number of amides is 1. The number of rotatable bonds is 6. The van der Waals surface area contributed by atoms with E-state index in [-0.39, 0.29) is 15.5 Å². The van der Waals surface area contributed by atoms with Crippen LogP contribution in [0.4, 0.5) is 5.13 Å². The van der Waals surface area contributed by atoms with Crippen LogP contribution in [0.3, 0.4) is 0 Å². The summed E-state index contributed by atoms with van der Waals surface area (Å²) in [4.78, 5) is 21.5. The molecule has 3 aromatic rings. The largest absolute Gasteiger partial charge is 0.298 e. The van der Waals surface area contributed by atoms with E-state index in [4.69, 9.17) is 28.0 Å². The average molecular weight is 472 g/mol.